The Labute approximate surface area is 345 Å². The first-order chi connectivity index (χ1) is 29.1. The van der Waals surface area contributed by atoms with Crippen LogP contribution < -0.4 is 4.90 Å². The molecule has 2 heteroatoms. The largest absolute Gasteiger partial charge is 0.310 e. The number of rotatable bonds is 7. The van der Waals surface area contributed by atoms with Crippen molar-refractivity contribution in [3.8, 4) is 50.2 Å². The average Bonchev–Trinajstić information content (AvgIpc) is 3.76. The molecular formula is C57H42N2. The monoisotopic (exact) mass is 754 g/mol. The van der Waals surface area contributed by atoms with Crippen LogP contribution in [0.15, 0.2) is 218 Å². The van der Waals surface area contributed by atoms with E-state index in [4.69, 9.17) is 0 Å². The van der Waals surface area contributed by atoms with E-state index in [2.05, 4.69) is 242 Å². The van der Waals surface area contributed by atoms with Crippen LogP contribution in [0.25, 0.3) is 72.0 Å². The van der Waals surface area contributed by atoms with E-state index in [1.54, 1.807) is 0 Å². The van der Waals surface area contributed by atoms with Gasteiger partial charge in [0.2, 0.25) is 0 Å². The molecule has 0 amide bonds. The number of fused-ring (bicyclic) bond motifs is 6. The van der Waals surface area contributed by atoms with E-state index in [1.807, 2.05) is 0 Å². The summed E-state index contributed by atoms with van der Waals surface area (Å²) in [4.78, 5) is 2.50. The van der Waals surface area contributed by atoms with Gasteiger partial charge in [-0.25, -0.2) is 0 Å². The molecule has 59 heavy (non-hydrogen) atoms. The van der Waals surface area contributed by atoms with Gasteiger partial charge in [-0.1, -0.05) is 184 Å². The van der Waals surface area contributed by atoms with Crippen LogP contribution in [0.1, 0.15) is 25.0 Å². The van der Waals surface area contributed by atoms with Gasteiger partial charge in [-0.2, -0.15) is 0 Å². The number of hydrogen-bond donors (Lipinski definition) is 0. The van der Waals surface area contributed by atoms with Crippen LogP contribution in [0.3, 0.4) is 0 Å². The average molecular weight is 755 g/mol. The van der Waals surface area contributed by atoms with Crippen LogP contribution in [0.5, 0.6) is 0 Å². The summed E-state index contributed by atoms with van der Waals surface area (Å²) in [6, 6.07) is 79.9. The van der Waals surface area contributed by atoms with Crippen molar-refractivity contribution in [2.24, 2.45) is 0 Å². The molecule has 0 spiro atoms. The smallest absolute Gasteiger partial charge is 0.0562 e. The van der Waals surface area contributed by atoms with Gasteiger partial charge in [-0.3, -0.25) is 0 Å². The van der Waals surface area contributed by atoms with Crippen molar-refractivity contribution in [2.75, 3.05) is 4.90 Å². The normalized spacial score (nSPS) is 12.7. The second-order valence-corrected chi connectivity index (χ2v) is 16.1. The SMILES string of the molecule is CC1(C)c2ccccc2-c2ccc(N(c3ccc(-c4ccccc4)c(-c4ccccc4)c3)c3cccc4c3c3ccccc3n4-c3ccccc3-c3ccccc3)cc21. The van der Waals surface area contributed by atoms with Gasteiger partial charge in [0, 0.05) is 33.1 Å². The first-order valence-corrected chi connectivity index (χ1v) is 20.5. The Bertz CT molecular complexity index is 3170. The first kappa shape index (κ1) is 34.8. The number of anilines is 3. The molecule has 0 fully saturated rings. The quantitative estimate of drug-likeness (QED) is 0.157. The van der Waals surface area contributed by atoms with Crippen molar-refractivity contribution in [3.63, 3.8) is 0 Å². The molecule has 0 unspecified atom stereocenters. The summed E-state index contributed by atoms with van der Waals surface area (Å²) in [6.45, 7) is 4.74. The van der Waals surface area contributed by atoms with Gasteiger partial charge in [0.15, 0.2) is 0 Å². The van der Waals surface area contributed by atoms with Gasteiger partial charge in [0.25, 0.3) is 0 Å². The summed E-state index contributed by atoms with van der Waals surface area (Å²) in [5.41, 5.74) is 19.2. The van der Waals surface area contributed by atoms with Crippen LogP contribution in [0, 0.1) is 0 Å². The van der Waals surface area contributed by atoms with Crippen LogP contribution in [-0.2, 0) is 5.41 Å². The van der Waals surface area contributed by atoms with Crippen LogP contribution >= 0.6 is 0 Å². The molecule has 0 atom stereocenters. The molecule has 9 aromatic carbocycles. The van der Waals surface area contributed by atoms with E-state index in [0.29, 0.717) is 0 Å². The highest BCUT2D eigenvalue weighted by Crippen LogP contribution is 2.52. The van der Waals surface area contributed by atoms with E-state index in [0.717, 1.165) is 28.3 Å². The maximum absolute atomic E-state index is 2.50. The lowest BCUT2D eigenvalue weighted by molar-refractivity contribution is 0.660. The van der Waals surface area contributed by atoms with E-state index >= 15 is 0 Å². The van der Waals surface area contributed by atoms with Crippen molar-refractivity contribution in [3.05, 3.63) is 230 Å². The molecule has 11 rings (SSSR count). The minimum absolute atomic E-state index is 0.150. The molecule has 1 aliphatic rings. The summed E-state index contributed by atoms with van der Waals surface area (Å²) >= 11 is 0. The lowest BCUT2D eigenvalue weighted by Gasteiger charge is -2.29. The molecule has 10 aromatic rings. The lowest BCUT2D eigenvalue weighted by Crippen LogP contribution is -2.16. The molecule has 0 radical (unpaired) electrons. The van der Waals surface area contributed by atoms with Gasteiger partial charge in [0.05, 0.1) is 22.4 Å². The number of benzene rings is 9. The van der Waals surface area contributed by atoms with Crippen LogP contribution in [-0.4, -0.2) is 4.57 Å². The Balaban J connectivity index is 1.20. The van der Waals surface area contributed by atoms with Gasteiger partial charge >= 0.3 is 0 Å². The summed E-state index contributed by atoms with van der Waals surface area (Å²) in [7, 11) is 0. The number of nitrogens with zero attached hydrogens (tertiary/aromatic N) is 2. The fourth-order valence-corrected chi connectivity index (χ4v) is 9.63. The maximum Gasteiger partial charge on any atom is 0.0562 e. The Morgan fingerprint density at radius 1 is 0.373 bits per heavy atom. The Hall–Kier alpha value is -7.42. The van der Waals surface area contributed by atoms with E-state index in [1.165, 1.54) is 71.9 Å². The fraction of sp³-hybridized carbons (Fsp3) is 0.0526. The third kappa shape index (κ3) is 5.63. The maximum atomic E-state index is 2.50. The van der Waals surface area contributed by atoms with Crippen molar-refractivity contribution >= 4 is 38.9 Å². The molecule has 280 valence electrons. The van der Waals surface area contributed by atoms with Crippen molar-refractivity contribution in [1.29, 1.82) is 0 Å². The summed E-state index contributed by atoms with van der Waals surface area (Å²) < 4.78 is 2.46. The second-order valence-electron chi connectivity index (χ2n) is 16.1. The molecule has 1 aromatic heterocycles. The summed E-state index contributed by atoms with van der Waals surface area (Å²) in [6.07, 6.45) is 0. The van der Waals surface area contributed by atoms with Crippen LogP contribution in [0.4, 0.5) is 17.1 Å². The molecule has 1 heterocycles. The lowest BCUT2D eigenvalue weighted by atomic mass is 9.82. The standard InChI is InChI=1S/C57H42N2/c1-57(2)50-28-15-12-26-46(50)47-36-34-43(38-51(47)57)58(42-33-35-44(39-19-6-3-7-20-39)49(37-42)41-23-10-5-11-24-41)54-31-18-32-55-56(54)48-27-14-17-30-53(48)59(55)52-29-16-13-25-45(52)40-21-8-4-9-22-40/h3-38H,1-2H3. The first-order valence-electron chi connectivity index (χ1n) is 20.5. The third-order valence-electron chi connectivity index (χ3n) is 12.4. The topological polar surface area (TPSA) is 8.17 Å². The highest BCUT2D eigenvalue weighted by Gasteiger charge is 2.36. The minimum atomic E-state index is -0.150. The minimum Gasteiger partial charge on any atom is -0.310 e. The Kier molecular flexibility index (Phi) is 8.20. The molecule has 0 saturated carbocycles. The Morgan fingerprint density at radius 2 is 0.898 bits per heavy atom. The van der Waals surface area contributed by atoms with Gasteiger partial charge < -0.3 is 9.47 Å². The zero-order valence-electron chi connectivity index (χ0n) is 33.2. The number of aromatic nitrogens is 1. The zero-order valence-corrected chi connectivity index (χ0v) is 33.2. The van der Waals surface area contributed by atoms with Gasteiger partial charge in [0.1, 0.15) is 0 Å². The van der Waals surface area contributed by atoms with Crippen LogP contribution in [0.2, 0.25) is 0 Å². The predicted molar refractivity (Wildman–Crippen MR) is 249 cm³/mol. The molecule has 0 bridgehead atoms. The highest BCUT2D eigenvalue weighted by molar-refractivity contribution is 6.17. The molecular weight excluding hydrogens is 713 g/mol. The van der Waals surface area contributed by atoms with Crippen molar-refractivity contribution < 1.29 is 0 Å². The van der Waals surface area contributed by atoms with E-state index < -0.39 is 0 Å². The number of para-hydroxylation sites is 2. The Morgan fingerprint density at radius 3 is 1.63 bits per heavy atom. The summed E-state index contributed by atoms with van der Waals surface area (Å²) in [5.74, 6) is 0. The van der Waals surface area contributed by atoms with Gasteiger partial charge in [-0.05, 0) is 98.6 Å². The third-order valence-corrected chi connectivity index (χ3v) is 12.4. The van der Waals surface area contributed by atoms with E-state index in [-0.39, 0.29) is 5.41 Å². The number of hydrogen-bond acceptors (Lipinski definition) is 1. The fourth-order valence-electron chi connectivity index (χ4n) is 9.63. The van der Waals surface area contributed by atoms with Gasteiger partial charge in [-0.15, -0.1) is 0 Å². The van der Waals surface area contributed by atoms with E-state index in [9.17, 15) is 0 Å². The van der Waals surface area contributed by atoms with Crippen molar-refractivity contribution in [2.45, 2.75) is 19.3 Å². The molecule has 0 aliphatic heterocycles. The molecule has 1 aliphatic carbocycles. The highest BCUT2D eigenvalue weighted by atomic mass is 15.1. The molecule has 0 saturated heterocycles. The molecule has 0 N–H and O–H groups in total. The zero-order chi connectivity index (χ0) is 39.5. The summed E-state index contributed by atoms with van der Waals surface area (Å²) in [5, 5.41) is 2.42. The molecule has 2 nitrogen and oxygen atoms in total. The van der Waals surface area contributed by atoms with Crippen molar-refractivity contribution in [1.82, 2.24) is 4.57 Å². The predicted octanol–water partition coefficient (Wildman–Crippen LogP) is 15.6. The second kappa shape index (κ2) is 13.9.